The predicted octanol–water partition coefficient (Wildman–Crippen LogP) is 5.27. The summed E-state index contributed by atoms with van der Waals surface area (Å²) in [5.41, 5.74) is 1.18. The van der Waals surface area contributed by atoms with Gasteiger partial charge in [0.15, 0.2) is 18.1 Å². The van der Waals surface area contributed by atoms with Gasteiger partial charge < -0.3 is 25.2 Å². The molecule has 3 aromatic carbocycles. The van der Waals surface area contributed by atoms with E-state index >= 15 is 0 Å². The molecule has 178 valence electrons. The van der Waals surface area contributed by atoms with Crippen molar-refractivity contribution in [2.75, 3.05) is 24.4 Å². The van der Waals surface area contributed by atoms with E-state index in [0.29, 0.717) is 22.0 Å². The molecule has 3 N–H and O–H groups in total. The number of benzene rings is 3. The van der Waals surface area contributed by atoms with Gasteiger partial charge in [-0.2, -0.15) is 5.26 Å². The number of phenols is 1. The summed E-state index contributed by atoms with van der Waals surface area (Å²) in [5.74, 6) is -0.686. The summed E-state index contributed by atoms with van der Waals surface area (Å²) in [5, 5.41) is 24.7. The lowest BCUT2D eigenvalue weighted by molar-refractivity contribution is -0.118. The van der Waals surface area contributed by atoms with E-state index in [0.717, 1.165) is 0 Å². The van der Waals surface area contributed by atoms with Gasteiger partial charge in [-0.15, -0.1) is 0 Å². The van der Waals surface area contributed by atoms with Crippen LogP contribution in [0.3, 0.4) is 0 Å². The number of methoxy groups -OCH3 is 1. The topological polar surface area (TPSA) is 121 Å². The van der Waals surface area contributed by atoms with Crippen LogP contribution in [0, 0.1) is 11.3 Å². The molecule has 0 aliphatic carbocycles. The van der Waals surface area contributed by atoms with Crippen molar-refractivity contribution in [2.24, 2.45) is 0 Å². The number of nitrogens with zero attached hydrogens (tertiary/aromatic N) is 1. The van der Waals surface area contributed by atoms with E-state index in [4.69, 9.17) is 32.7 Å². The highest BCUT2D eigenvalue weighted by Gasteiger charge is 2.16. The van der Waals surface area contributed by atoms with Crippen molar-refractivity contribution in [3.8, 4) is 23.3 Å². The SMILES string of the molecule is COc1cc(/C=C(\C#N)C(=O)Nc2ccc(O)cc2)cc(Cl)c1OCC(=O)Nc1ccc(Cl)cc1. The number of hydrogen-bond donors (Lipinski definition) is 3. The molecular formula is C25H19Cl2N3O5. The number of hydrogen-bond acceptors (Lipinski definition) is 6. The van der Waals surface area contributed by atoms with Gasteiger partial charge in [0.2, 0.25) is 0 Å². The maximum absolute atomic E-state index is 12.5. The monoisotopic (exact) mass is 511 g/mol. The number of nitriles is 1. The number of aromatic hydroxyl groups is 1. The largest absolute Gasteiger partial charge is 0.508 e. The molecule has 3 aromatic rings. The highest BCUT2D eigenvalue weighted by atomic mass is 35.5. The molecule has 3 rings (SSSR count). The standard InChI is InChI=1S/C25H19Cl2N3O5/c1-34-22-12-15(10-16(13-28)25(33)30-19-6-8-20(31)9-7-19)11-21(27)24(22)35-14-23(32)29-18-4-2-17(26)3-5-18/h2-12,31H,14H2,1H3,(H,29,32)(H,30,33)/b16-10+. The van der Waals surface area contributed by atoms with E-state index in [9.17, 15) is 20.0 Å². The molecule has 0 bridgehead atoms. The second-order valence-electron chi connectivity index (χ2n) is 7.05. The summed E-state index contributed by atoms with van der Waals surface area (Å²) in [6.07, 6.45) is 1.33. The van der Waals surface area contributed by atoms with Crippen LogP contribution in [-0.2, 0) is 9.59 Å². The molecular weight excluding hydrogens is 493 g/mol. The van der Waals surface area contributed by atoms with Gasteiger partial charge in [-0.1, -0.05) is 23.2 Å². The molecule has 0 aliphatic heterocycles. The molecule has 0 aliphatic rings. The van der Waals surface area contributed by atoms with Gasteiger partial charge in [0.05, 0.1) is 12.1 Å². The minimum absolute atomic E-state index is 0.0468. The summed E-state index contributed by atoms with van der Waals surface area (Å²) in [4.78, 5) is 24.7. The Morgan fingerprint density at radius 1 is 1.03 bits per heavy atom. The van der Waals surface area contributed by atoms with E-state index in [2.05, 4.69) is 10.6 Å². The number of ether oxygens (including phenoxy) is 2. The van der Waals surface area contributed by atoms with E-state index in [1.807, 2.05) is 6.07 Å². The summed E-state index contributed by atoms with van der Waals surface area (Å²) >= 11 is 12.2. The lowest BCUT2D eigenvalue weighted by Gasteiger charge is -2.13. The van der Waals surface area contributed by atoms with Gasteiger partial charge in [0, 0.05) is 16.4 Å². The number of phenolic OH excluding ortho intramolecular Hbond substituents is 1. The maximum atomic E-state index is 12.5. The highest BCUT2D eigenvalue weighted by Crippen LogP contribution is 2.37. The van der Waals surface area contributed by atoms with Crippen molar-refractivity contribution < 1.29 is 24.2 Å². The van der Waals surface area contributed by atoms with E-state index in [1.54, 1.807) is 24.3 Å². The minimum atomic E-state index is -0.646. The average Bonchev–Trinajstić information content (AvgIpc) is 2.84. The number of amides is 2. The third kappa shape index (κ3) is 7.14. The van der Waals surface area contributed by atoms with Crippen LogP contribution < -0.4 is 20.1 Å². The second-order valence-corrected chi connectivity index (χ2v) is 7.89. The zero-order chi connectivity index (χ0) is 25.4. The lowest BCUT2D eigenvalue weighted by atomic mass is 10.1. The first kappa shape index (κ1) is 25.4. The average molecular weight is 512 g/mol. The summed E-state index contributed by atoms with van der Waals surface area (Å²) in [6, 6.07) is 17.2. The fraction of sp³-hybridized carbons (Fsp3) is 0.0800. The number of carbonyl (C=O) groups is 2. The van der Waals surface area contributed by atoms with E-state index in [1.165, 1.54) is 49.6 Å². The third-order valence-corrected chi connectivity index (χ3v) is 5.06. The van der Waals surface area contributed by atoms with E-state index in [-0.39, 0.29) is 34.5 Å². The highest BCUT2D eigenvalue weighted by molar-refractivity contribution is 6.32. The molecule has 0 saturated heterocycles. The van der Waals surface area contributed by atoms with Gasteiger partial charge in [0.1, 0.15) is 17.4 Å². The Balaban J connectivity index is 1.72. The smallest absolute Gasteiger partial charge is 0.266 e. The van der Waals surface area contributed by atoms with Crippen LogP contribution in [0.15, 0.2) is 66.2 Å². The summed E-state index contributed by atoms with van der Waals surface area (Å²) < 4.78 is 10.9. The molecule has 35 heavy (non-hydrogen) atoms. The van der Waals surface area contributed by atoms with Crippen molar-refractivity contribution in [3.05, 3.63) is 81.8 Å². The van der Waals surface area contributed by atoms with Crippen molar-refractivity contribution >= 4 is 52.5 Å². The van der Waals surface area contributed by atoms with Crippen LogP contribution in [0.1, 0.15) is 5.56 Å². The van der Waals surface area contributed by atoms with Crippen LogP contribution in [-0.4, -0.2) is 30.6 Å². The Bertz CT molecular complexity index is 1300. The molecule has 0 atom stereocenters. The van der Waals surface area contributed by atoms with Crippen molar-refractivity contribution in [1.82, 2.24) is 0 Å². The third-order valence-electron chi connectivity index (χ3n) is 4.53. The maximum Gasteiger partial charge on any atom is 0.266 e. The molecule has 10 heteroatoms. The Morgan fingerprint density at radius 3 is 2.29 bits per heavy atom. The first-order chi connectivity index (χ1) is 16.8. The number of halogens is 2. The second kappa shape index (κ2) is 11.8. The zero-order valence-corrected chi connectivity index (χ0v) is 19.9. The molecule has 0 aromatic heterocycles. The number of rotatable bonds is 8. The fourth-order valence-electron chi connectivity index (χ4n) is 2.89. The summed E-state index contributed by atoms with van der Waals surface area (Å²) in [6.45, 7) is -0.341. The Morgan fingerprint density at radius 2 is 1.66 bits per heavy atom. The summed E-state index contributed by atoms with van der Waals surface area (Å²) in [7, 11) is 1.39. The molecule has 0 fully saturated rings. The van der Waals surface area contributed by atoms with Crippen molar-refractivity contribution in [1.29, 1.82) is 5.26 Å². The van der Waals surface area contributed by atoms with Crippen LogP contribution in [0.2, 0.25) is 10.0 Å². The Hall–Kier alpha value is -4.19. The first-order valence-electron chi connectivity index (χ1n) is 10.1. The van der Waals surface area contributed by atoms with E-state index < -0.39 is 11.8 Å². The van der Waals surface area contributed by atoms with Crippen molar-refractivity contribution in [2.45, 2.75) is 0 Å². The van der Waals surface area contributed by atoms with Gasteiger partial charge in [-0.05, 0) is 72.3 Å². The zero-order valence-electron chi connectivity index (χ0n) is 18.3. The lowest BCUT2D eigenvalue weighted by Crippen LogP contribution is -2.20. The first-order valence-corrected chi connectivity index (χ1v) is 10.8. The van der Waals surface area contributed by atoms with Gasteiger partial charge >= 0.3 is 0 Å². The Labute approximate surface area is 211 Å². The number of anilines is 2. The normalized spacial score (nSPS) is 10.7. The van der Waals surface area contributed by atoms with Crippen LogP contribution in [0.4, 0.5) is 11.4 Å². The fourth-order valence-corrected chi connectivity index (χ4v) is 3.29. The Kier molecular flexibility index (Phi) is 8.57. The van der Waals surface area contributed by atoms with Crippen molar-refractivity contribution in [3.63, 3.8) is 0 Å². The molecule has 2 amide bonds. The van der Waals surface area contributed by atoms with Gasteiger partial charge in [-0.25, -0.2) is 0 Å². The van der Waals surface area contributed by atoms with Gasteiger partial charge in [-0.3, -0.25) is 9.59 Å². The molecule has 8 nitrogen and oxygen atoms in total. The number of carbonyl (C=O) groups excluding carboxylic acids is 2. The van der Waals surface area contributed by atoms with Gasteiger partial charge in [0.25, 0.3) is 11.8 Å². The molecule has 0 spiro atoms. The van der Waals surface area contributed by atoms with Crippen LogP contribution in [0.5, 0.6) is 17.2 Å². The predicted molar refractivity (Wildman–Crippen MR) is 134 cm³/mol. The van der Waals surface area contributed by atoms with Crippen LogP contribution >= 0.6 is 23.2 Å². The van der Waals surface area contributed by atoms with Crippen LogP contribution in [0.25, 0.3) is 6.08 Å². The number of nitrogens with one attached hydrogen (secondary N) is 2. The minimum Gasteiger partial charge on any atom is -0.508 e. The quantitative estimate of drug-likeness (QED) is 0.215. The molecule has 0 unspecified atom stereocenters. The molecule has 0 radical (unpaired) electrons. The molecule has 0 saturated carbocycles. The molecule has 0 heterocycles.